The Morgan fingerprint density at radius 2 is 2.00 bits per heavy atom. The molecule has 1 aromatic carbocycles. The molecular formula is C16H18N3O4+. The zero-order valence-electron chi connectivity index (χ0n) is 12.9. The van der Waals surface area contributed by atoms with Crippen molar-refractivity contribution in [2.45, 2.75) is 6.54 Å². The van der Waals surface area contributed by atoms with Crippen LogP contribution in [0.25, 0.3) is 0 Å². The largest absolute Gasteiger partial charge is 0.497 e. The standard InChI is InChI=1S/C16H17N3O4/c1-22-12-5-6-14(23-2)13(8-12)18-15(20)10-19-7-3-4-11(9-19)16(17)21/h3-9H,10H2,1-2H3,(H2-,17,18,20,21)/p+1. The summed E-state index contributed by atoms with van der Waals surface area (Å²) in [5.41, 5.74) is 6.06. The van der Waals surface area contributed by atoms with Gasteiger partial charge in [0.15, 0.2) is 12.4 Å². The van der Waals surface area contributed by atoms with Crippen LogP contribution in [0.2, 0.25) is 0 Å². The summed E-state index contributed by atoms with van der Waals surface area (Å²) in [5.74, 6) is 0.303. The van der Waals surface area contributed by atoms with Crippen LogP contribution in [0, 0.1) is 0 Å². The summed E-state index contributed by atoms with van der Waals surface area (Å²) in [6.45, 7) is 0.0293. The molecule has 0 radical (unpaired) electrons. The number of ether oxygens (including phenoxy) is 2. The number of nitrogens with one attached hydrogen (secondary N) is 1. The molecule has 7 heteroatoms. The van der Waals surface area contributed by atoms with Gasteiger partial charge in [-0.1, -0.05) is 0 Å². The Bertz CT molecular complexity index is 731. The van der Waals surface area contributed by atoms with Crippen molar-refractivity contribution in [1.29, 1.82) is 0 Å². The number of anilines is 1. The van der Waals surface area contributed by atoms with Crippen LogP contribution in [0.15, 0.2) is 42.7 Å². The second-order valence-electron chi connectivity index (χ2n) is 4.74. The van der Waals surface area contributed by atoms with Gasteiger partial charge in [-0.05, 0) is 18.2 Å². The molecule has 0 bridgehead atoms. The maximum Gasteiger partial charge on any atom is 0.290 e. The molecule has 7 nitrogen and oxygen atoms in total. The van der Waals surface area contributed by atoms with Crippen LogP contribution in [0.1, 0.15) is 10.4 Å². The number of nitrogens with two attached hydrogens (primary N) is 1. The summed E-state index contributed by atoms with van der Waals surface area (Å²) in [6.07, 6.45) is 3.19. The van der Waals surface area contributed by atoms with Gasteiger partial charge in [-0.15, -0.1) is 0 Å². The van der Waals surface area contributed by atoms with Crippen LogP contribution in [-0.2, 0) is 11.3 Å². The van der Waals surface area contributed by atoms with E-state index >= 15 is 0 Å². The molecule has 120 valence electrons. The lowest BCUT2D eigenvalue weighted by Crippen LogP contribution is -2.40. The molecule has 1 aromatic heterocycles. The van der Waals surface area contributed by atoms with Crippen molar-refractivity contribution in [3.63, 3.8) is 0 Å². The van der Waals surface area contributed by atoms with Crippen molar-refractivity contribution in [3.8, 4) is 11.5 Å². The highest BCUT2D eigenvalue weighted by atomic mass is 16.5. The molecule has 0 spiro atoms. The Kier molecular flexibility index (Phi) is 5.14. The molecule has 2 amide bonds. The molecule has 3 N–H and O–H groups in total. The number of hydrogen-bond donors (Lipinski definition) is 2. The van der Waals surface area contributed by atoms with E-state index in [0.29, 0.717) is 22.7 Å². The van der Waals surface area contributed by atoms with Gasteiger partial charge in [0.2, 0.25) is 6.54 Å². The van der Waals surface area contributed by atoms with Crippen LogP contribution < -0.4 is 25.1 Å². The minimum absolute atomic E-state index is 0.0293. The molecule has 0 fully saturated rings. The van der Waals surface area contributed by atoms with Crippen molar-refractivity contribution >= 4 is 17.5 Å². The number of aromatic nitrogens is 1. The first kappa shape index (κ1) is 16.3. The van der Waals surface area contributed by atoms with E-state index in [2.05, 4.69) is 5.32 Å². The van der Waals surface area contributed by atoms with Gasteiger partial charge in [-0.25, -0.2) is 0 Å². The Labute approximate surface area is 133 Å². The molecule has 0 aliphatic carbocycles. The second-order valence-corrected chi connectivity index (χ2v) is 4.74. The second kappa shape index (κ2) is 7.26. The molecule has 0 unspecified atom stereocenters. The quantitative estimate of drug-likeness (QED) is 0.768. The predicted molar refractivity (Wildman–Crippen MR) is 83.3 cm³/mol. The number of nitrogens with zero attached hydrogens (tertiary/aromatic N) is 1. The number of benzene rings is 1. The summed E-state index contributed by atoms with van der Waals surface area (Å²) in [6, 6.07) is 8.34. The van der Waals surface area contributed by atoms with Crippen molar-refractivity contribution < 1.29 is 23.6 Å². The molecule has 0 aliphatic heterocycles. The number of primary amides is 1. The number of carbonyl (C=O) groups is 2. The highest BCUT2D eigenvalue weighted by molar-refractivity contribution is 5.92. The highest BCUT2D eigenvalue weighted by Crippen LogP contribution is 2.28. The fourth-order valence-electron chi connectivity index (χ4n) is 2.03. The highest BCUT2D eigenvalue weighted by Gasteiger charge is 2.14. The SMILES string of the molecule is COc1ccc(OC)c(NC(=O)C[n+]2cccc(C(N)=O)c2)c1. The van der Waals surface area contributed by atoms with Gasteiger partial charge in [0.25, 0.3) is 11.8 Å². The van der Waals surface area contributed by atoms with Crippen LogP contribution in [0.3, 0.4) is 0 Å². The summed E-state index contributed by atoms with van der Waals surface area (Å²) in [7, 11) is 3.06. The van der Waals surface area contributed by atoms with Gasteiger partial charge < -0.3 is 20.5 Å². The zero-order chi connectivity index (χ0) is 16.8. The third-order valence-electron chi connectivity index (χ3n) is 3.15. The van der Waals surface area contributed by atoms with Crippen LogP contribution >= 0.6 is 0 Å². The lowest BCUT2D eigenvalue weighted by molar-refractivity contribution is -0.684. The number of hydrogen-bond acceptors (Lipinski definition) is 4. The van der Waals surface area contributed by atoms with Crippen molar-refractivity contribution in [3.05, 3.63) is 48.3 Å². The van der Waals surface area contributed by atoms with Crippen molar-refractivity contribution in [2.24, 2.45) is 5.73 Å². The van der Waals surface area contributed by atoms with Gasteiger partial charge in [-0.3, -0.25) is 9.59 Å². The van der Waals surface area contributed by atoms with Crippen LogP contribution in [0.4, 0.5) is 5.69 Å². The van der Waals surface area contributed by atoms with Crippen molar-refractivity contribution in [2.75, 3.05) is 19.5 Å². The van der Waals surface area contributed by atoms with E-state index in [9.17, 15) is 9.59 Å². The first-order chi connectivity index (χ1) is 11.0. The molecule has 0 aliphatic rings. The van der Waals surface area contributed by atoms with E-state index in [1.54, 1.807) is 48.2 Å². The van der Waals surface area contributed by atoms with Gasteiger partial charge in [0.05, 0.1) is 19.9 Å². The predicted octanol–water partition coefficient (Wildman–Crippen LogP) is 0.729. The number of carbonyl (C=O) groups excluding carboxylic acids is 2. The molecular weight excluding hydrogens is 298 g/mol. The van der Waals surface area contributed by atoms with Gasteiger partial charge in [0, 0.05) is 12.1 Å². The minimum Gasteiger partial charge on any atom is -0.497 e. The average Bonchev–Trinajstić information content (AvgIpc) is 2.54. The minimum atomic E-state index is -0.547. The Morgan fingerprint density at radius 1 is 1.22 bits per heavy atom. The Morgan fingerprint density at radius 3 is 2.65 bits per heavy atom. The number of rotatable bonds is 6. The Balaban J connectivity index is 2.13. The smallest absolute Gasteiger partial charge is 0.290 e. The average molecular weight is 316 g/mol. The van der Waals surface area contributed by atoms with E-state index in [1.807, 2.05) is 0 Å². The van der Waals surface area contributed by atoms with Crippen LogP contribution in [-0.4, -0.2) is 26.0 Å². The lowest BCUT2D eigenvalue weighted by atomic mass is 10.2. The van der Waals surface area contributed by atoms with E-state index < -0.39 is 5.91 Å². The topological polar surface area (TPSA) is 94.5 Å². The maximum absolute atomic E-state index is 12.2. The fourth-order valence-corrected chi connectivity index (χ4v) is 2.03. The molecule has 2 aromatic rings. The van der Waals surface area contributed by atoms with Crippen LogP contribution in [0.5, 0.6) is 11.5 Å². The van der Waals surface area contributed by atoms with E-state index in [1.165, 1.54) is 13.3 Å². The van der Waals surface area contributed by atoms with Gasteiger partial charge in [-0.2, -0.15) is 4.57 Å². The zero-order valence-corrected chi connectivity index (χ0v) is 12.9. The van der Waals surface area contributed by atoms with Gasteiger partial charge >= 0.3 is 0 Å². The van der Waals surface area contributed by atoms with E-state index in [0.717, 1.165) is 0 Å². The fraction of sp³-hybridized carbons (Fsp3) is 0.188. The molecule has 23 heavy (non-hydrogen) atoms. The number of methoxy groups -OCH3 is 2. The summed E-state index contributed by atoms with van der Waals surface area (Å²) in [4.78, 5) is 23.3. The summed E-state index contributed by atoms with van der Waals surface area (Å²) >= 11 is 0. The third-order valence-corrected chi connectivity index (χ3v) is 3.15. The number of amides is 2. The summed E-state index contributed by atoms with van der Waals surface area (Å²) in [5, 5.41) is 2.75. The van der Waals surface area contributed by atoms with E-state index in [4.69, 9.17) is 15.2 Å². The lowest BCUT2D eigenvalue weighted by Gasteiger charge is -2.10. The van der Waals surface area contributed by atoms with E-state index in [-0.39, 0.29) is 12.5 Å². The molecule has 0 atom stereocenters. The first-order valence-corrected chi connectivity index (χ1v) is 6.84. The van der Waals surface area contributed by atoms with Crippen molar-refractivity contribution in [1.82, 2.24) is 0 Å². The molecule has 2 rings (SSSR count). The summed E-state index contributed by atoms with van der Waals surface area (Å²) < 4.78 is 11.9. The maximum atomic E-state index is 12.2. The number of pyridine rings is 1. The molecule has 0 saturated heterocycles. The van der Waals surface area contributed by atoms with Gasteiger partial charge in [0.1, 0.15) is 17.1 Å². The third kappa shape index (κ3) is 4.19. The monoisotopic (exact) mass is 316 g/mol. The normalized spacial score (nSPS) is 10.0. The first-order valence-electron chi connectivity index (χ1n) is 6.84. The molecule has 1 heterocycles. The Hall–Kier alpha value is -3.09. The molecule has 0 saturated carbocycles.